The average molecular weight is 198 g/mol. The zero-order chi connectivity index (χ0) is 10.4. The summed E-state index contributed by atoms with van der Waals surface area (Å²) in [6, 6.07) is 0. The predicted octanol–water partition coefficient (Wildman–Crippen LogP) is 1.39. The summed E-state index contributed by atoms with van der Waals surface area (Å²) in [5.74, 6) is 0.364. The highest BCUT2D eigenvalue weighted by Crippen LogP contribution is 2.16. The fraction of sp³-hybridized carbons (Fsp3) is 1.00. The van der Waals surface area contributed by atoms with E-state index in [2.05, 4.69) is 21.8 Å². The molecule has 0 saturated carbocycles. The maximum Gasteiger partial charge on any atom is 0.0590 e. The zero-order valence-electron chi connectivity index (χ0n) is 8.63. The number of azide groups is 1. The Morgan fingerprint density at radius 3 is 3.07 bits per heavy atom. The molecule has 1 N–H and O–H groups in total. The van der Waals surface area contributed by atoms with E-state index in [9.17, 15) is 5.11 Å². The molecule has 0 aromatic carbocycles. The van der Waals surface area contributed by atoms with Crippen molar-refractivity contribution < 1.29 is 5.11 Å². The quantitative estimate of drug-likeness (QED) is 0.321. The molecule has 2 atom stereocenters. The van der Waals surface area contributed by atoms with Gasteiger partial charge in [-0.3, -0.25) is 0 Å². The van der Waals surface area contributed by atoms with Crippen LogP contribution in [0.1, 0.15) is 19.8 Å². The van der Waals surface area contributed by atoms with Gasteiger partial charge in [0.1, 0.15) is 0 Å². The van der Waals surface area contributed by atoms with Crippen LogP contribution < -0.4 is 0 Å². The number of rotatable bonds is 4. The van der Waals surface area contributed by atoms with Crippen LogP contribution >= 0.6 is 0 Å². The van der Waals surface area contributed by atoms with Crippen molar-refractivity contribution in [2.45, 2.75) is 25.9 Å². The van der Waals surface area contributed by atoms with Gasteiger partial charge in [-0.2, -0.15) is 0 Å². The van der Waals surface area contributed by atoms with Crippen LogP contribution in [-0.4, -0.2) is 42.3 Å². The van der Waals surface area contributed by atoms with E-state index in [0.29, 0.717) is 12.5 Å². The van der Waals surface area contributed by atoms with Gasteiger partial charge in [0.2, 0.25) is 0 Å². The molecule has 5 nitrogen and oxygen atoms in total. The predicted molar refractivity (Wildman–Crippen MR) is 54.9 cm³/mol. The van der Waals surface area contributed by atoms with Gasteiger partial charge in [-0.1, -0.05) is 12.0 Å². The Hall–Kier alpha value is -0.770. The van der Waals surface area contributed by atoms with Gasteiger partial charge < -0.3 is 10.0 Å². The summed E-state index contributed by atoms with van der Waals surface area (Å²) >= 11 is 0. The highest BCUT2D eigenvalue weighted by molar-refractivity contribution is 4.76. The summed E-state index contributed by atoms with van der Waals surface area (Å²) in [4.78, 5) is 5.04. The van der Waals surface area contributed by atoms with Gasteiger partial charge in [0.25, 0.3) is 0 Å². The van der Waals surface area contributed by atoms with Crippen LogP contribution in [0, 0.1) is 5.92 Å². The van der Waals surface area contributed by atoms with Crippen molar-refractivity contribution in [3.8, 4) is 0 Å². The topological polar surface area (TPSA) is 72.2 Å². The van der Waals surface area contributed by atoms with E-state index in [1.807, 2.05) is 0 Å². The lowest BCUT2D eigenvalue weighted by Gasteiger charge is -2.34. The average Bonchev–Trinajstić information content (AvgIpc) is 2.18. The molecule has 1 fully saturated rings. The van der Waals surface area contributed by atoms with Crippen LogP contribution in [0.4, 0.5) is 0 Å². The van der Waals surface area contributed by atoms with Gasteiger partial charge in [0.15, 0.2) is 0 Å². The summed E-state index contributed by atoms with van der Waals surface area (Å²) in [6.07, 6.45) is 1.64. The van der Waals surface area contributed by atoms with E-state index in [1.165, 1.54) is 0 Å². The molecule has 1 heterocycles. The Balaban J connectivity index is 2.16. The third-order valence-electron chi connectivity index (χ3n) is 2.74. The van der Waals surface area contributed by atoms with E-state index in [0.717, 1.165) is 32.5 Å². The van der Waals surface area contributed by atoms with E-state index in [1.54, 1.807) is 0 Å². The molecule has 1 aliphatic heterocycles. The van der Waals surface area contributed by atoms with Gasteiger partial charge >= 0.3 is 0 Å². The highest BCUT2D eigenvalue weighted by Gasteiger charge is 2.23. The fourth-order valence-electron chi connectivity index (χ4n) is 1.83. The van der Waals surface area contributed by atoms with Crippen LogP contribution in [0.3, 0.4) is 0 Å². The number of hydrogen-bond donors (Lipinski definition) is 1. The minimum absolute atomic E-state index is 0.136. The summed E-state index contributed by atoms with van der Waals surface area (Å²) in [7, 11) is 0. The van der Waals surface area contributed by atoms with Crippen molar-refractivity contribution in [1.82, 2.24) is 4.90 Å². The Bertz CT molecular complexity index is 215. The number of aliphatic hydroxyl groups is 1. The minimum Gasteiger partial charge on any atom is -0.393 e. The molecular formula is C9H18N4O. The van der Waals surface area contributed by atoms with Crippen LogP contribution in [0.25, 0.3) is 10.4 Å². The van der Waals surface area contributed by atoms with Crippen LogP contribution in [0.5, 0.6) is 0 Å². The number of piperidine rings is 1. The summed E-state index contributed by atoms with van der Waals surface area (Å²) in [5.41, 5.74) is 8.09. The summed E-state index contributed by atoms with van der Waals surface area (Å²) in [5, 5.41) is 13.0. The van der Waals surface area contributed by atoms with Crippen molar-refractivity contribution in [2.24, 2.45) is 11.0 Å². The lowest BCUT2D eigenvalue weighted by molar-refractivity contribution is 0.0350. The molecule has 0 spiro atoms. The smallest absolute Gasteiger partial charge is 0.0590 e. The van der Waals surface area contributed by atoms with Crippen molar-refractivity contribution in [1.29, 1.82) is 0 Å². The second-order valence-corrected chi connectivity index (χ2v) is 3.94. The Kier molecular flexibility index (Phi) is 4.73. The van der Waals surface area contributed by atoms with Crippen molar-refractivity contribution in [3.63, 3.8) is 0 Å². The van der Waals surface area contributed by atoms with Gasteiger partial charge in [-0.15, -0.1) is 0 Å². The minimum atomic E-state index is -0.136. The maximum absolute atomic E-state index is 9.51. The number of hydrogen-bond acceptors (Lipinski definition) is 3. The maximum atomic E-state index is 9.51. The lowest BCUT2D eigenvalue weighted by Crippen LogP contribution is -2.42. The first-order chi connectivity index (χ1) is 6.74. The van der Waals surface area contributed by atoms with Crippen LogP contribution in [0.15, 0.2) is 5.11 Å². The molecule has 0 bridgehead atoms. The molecular weight excluding hydrogens is 180 g/mol. The van der Waals surface area contributed by atoms with E-state index in [-0.39, 0.29) is 6.10 Å². The molecule has 2 unspecified atom stereocenters. The standard InChI is InChI=1S/C9H18N4O/c1-8-7-13(6-3-9(8)14)5-2-4-11-12-10/h8-9,14H,2-7H2,1H3. The molecule has 0 aliphatic carbocycles. The molecule has 0 radical (unpaired) electrons. The molecule has 80 valence electrons. The molecule has 1 saturated heterocycles. The largest absolute Gasteiger partial charge is 0.393 e. The SMILES string of the molecule is CC1CN(CCCN=[N+]=[N-])CCC1O. The lowest BCUT2D eigenvalue weighted by atomic mass is 9.97. The first kappa shape index (κ1) is 11.3. The molecule has 1 rings (SSSR count). The first-order valence-corrected chi connectivity index (χ1v) is 5.15. The van der Waals surface area contributed by atoms with Crippen LogP contribution in [0.2, 0.25) is 0 Å². The van der Waals surface area contributed by atoms with Crippen molar-refractivity contribution in [3.05, 3.63) is 10.4 Å². The molecule has 1 aliphatic rings. The highest BCUT2D eigenvalue weighted by atomic mass is 16.3. The van der Waals surface area contributed by atoms with Gasteiger partial charge in [0.05, 0.1) is 6.10 Å². The number of nitrogens with zero attached hydrogens (tertiary/aromatic N) is 4. The Morgan fingerprint density at radius 1 is 1.64 bits per heavy atom. The van der Waals surface area contributed by atoms with Crippen molar-refractivity contribution in [2.75, 3.05) is 26.2 Å². The Morgan fingerprint density at radius 2 is 2.43 bits per heavy atom. The van der Waals surface area contributed by atoms with Gasteiger partial charge in [-0.25, -0.2) is 0 Å². The molecule has 5 heteroatoms. The summed E-state index contributed by atoms with van der Waals surface area (Å²) < 4.78 is 0. The fourth-order valence-corrected chi connectivity index (χ4v) is 1.83. The van der Waals surface area contributed by atoms with E-state index >= 15 is 0 Å². The summed E-state index contributed by atoms with van der Waals surface area (Å²) in [6.45, 7) is 5.53. The van der Waals surface area contributed by atoms with E-state index < -0.39 is 0 Å². The van der Waals surface area contributed by atoms with Gasteiger partial charge in [-0.05, 0) is 30.8 Å². The number of likely N-dealkylation sites (tertiary alicyclic amines) is 1. The third kappa shape index (κ3) is 3.54. The number of aliphatic hydroxyl groups excluding tert-OH is 1. The zero-order valence-corrected chi connectivity index (χ0v) is 8.63. The van der Waals surface area contributed by atoms with Crippen LogP contribution in [-0.2, 0) is 0 Å². The Labute approximate surface area is 84.3 Å². The van der Waals surface area contributed by atoms with E-state index in [4.69, 9.17) is 5.53 Å². The molecule has 0 aromatic heterocycles. The monoisotopic (exact) mass is 198 g/mol. The van der Waals surface area contributed by atoms with Gasteiger partial charge in [0, 0.05) is 24.5 Å². The first-order valence-electron chi connectivity index (χ1n) is 5.15. The molecule has 0 aromatic rings. The molecule has 0 amide bonds. The third-order valence-corrected chi connectivity index (χ3v) is 2.74. The van der Waals surface area contributed by atoms with Crippen molar-refractivity contribution >= 4 is 0 Å². The second kappa shape index (κ2) is 5.86. The second-order valence-electron chi connectivity index (χ2n) is 3.94. The molecule has 14 heavy (non-hydrogen) atoms. The normalized spacial score (nSPS) is 28.4.